The van der Waals surface area contributed by atoms with Crippen LogP contribution in [0.4, 0.5) is 10.2 Å². The van der Waals surface area contributed by atoms with E-state index >= 15 is 0 Å². The van der Waals surface area contributed by atoms with Crippen LogP contribution in [0.5, 0.6) is 0 Å². The van der Waals surface area contributed by atoms with Gasteiger partial charge in [-0.3, -0.25) is 9.48 Å². The Labute approximate surface area is 216 Å². The molecule has 10 nitrogen and oxygen atoms in total. The molecule has 0 unspecified atom stereocenters. The average Bonchev–Trinajstić information content (AvgIpc) is 3.56. The lowest BCUT2D eigenvalue weighted by molar-refractivity contribution is -0.115. The zero-order chi connectivity index (χ0) is 26.5. The van der Waals surface area contributed by atoms with E-state index in [1.54, 1.807) is 27.8 Å². The number of carbonyl (C=O) groups excluding carboxylic acids is 1. The summed E-state index contributed by atoms with van der Waals surface area (Å²) in [4.78, 5) is 20.3. The molecule has 0 spiro atoms. The maximum absolute atomic E-state index is 13.2. The molecule has 0 aliphatic rings. The number of anilines is 1. The van der Waals surface area contributed by atoms with E-state index in [4.69, 9.17) is 0 Å². The van der Waals surface area contributed by atoms with E-state index in [2.05, 4.69) is 48.7 Å². The number of amides is 1. The third kappa shape index (κ3) is 5.32. The highest BCUT2D eigenvalue weighted by Gasteiger charge is 2.14. The van der Waals surface area contributed by atoms with Crippen molar-refractivity contribution in [3.05, 3.63) is 84.6 Å². The Hall–Kier alpha value is -5.55. The molecule has 0 radical (unpaired) electrons. The molecule has 11 heteroatoms. The summed E-state index contributed by atoms with van der Waals surface area (Å²) in [5, 5.41) is 24.0. The van der Waals surface area contributed by atoms with E-state index in [9.17, 15) is 14.4 Å². The number of pyridine rings is 3. The van der Waals surface area contributed by atoms with Crippen molar-refractivity contribution < 1.29 is 9.18 Å². The first kappa shape index (κ1) is 24.2. The van der Waals surface area contributed by atoms with Crippen molar-refractivity contribution in [3.8, 4) is 40.2 Å². The highest BCUT2D eigenvalue weighted by atomic mass is 19.1. The lowest BCUT2D eigenvalue weighted by Crippen LogP contribution is -2.27. The molecular formula is C27H20FN9O. The molecule has 0 fully saturated rings. The summed E-state index contributed by atoms with van der Waals surface area (Å²) in [7, 11) is 1.85. The molecule has 5 rings (SSSR count). The number of nitrogens with zero attached hydrogens (tertiary/aromatic N) is 7. The van der Waals surface area contributed by atoms with Crippen LogP contribution in [0.15, 0.2) is 67.5 Å². The molecule has 38 heavy (non-hydrogen) atoms. The standard InChI is InChI=1S/C27H20FN9O/c1-36-16-21(15-34-36)19-10-24(27-20(12-29)14-35-37(27)17-19)18-2-4-25(33-13-18)31-8-9-32-26(38)5-3-23-11-22(28)6-7-30-23/h2,4,6-7,10-11,13-17H,8-9H2,1H3,(H,31,33)(H,32,38). The highest BCUT2D eigenvalue weighted by Crippen LogP contribution is 2.31. The zero-order valence-electron chi connectivity index (χ0n) is 20.2. The summed E-state index contributed by atoms with van der Waals surface area (Å²) < 4.78 is 16.6. The number of halogens is 1. The van der Waals surface area contributed by atoms with Crippen molar-refractivity contribution in [2.45, 2.75) is 0 Å². The Morgan fingerprint density at radius 3 is 2.66 bits per heavy atom. The Bertz CT molecular complexity index is 1740. The van der Waals surface area contributed by atoms with Gasteiger partial charge in [-0.1, -0.05) is 0 Å². The molecule has 5 heterocycles. The van der Waals surface area contributed by atoms with Crippen LogP contribution in [0.3, 0.4) is 0 Å². The lowest BCUT2D eigenvalue weighted by atomic mass is 10.0. The van der Waals surface area contributed by atoms with Crippen LogP contribution in [-0.4, -0.2) is 48.4 Å². The SMILES string of the molecule is Cn1cc(-c2cc(-c3ccc(NCCNC(=O)C#Cc4cc(F)ccn4)nc3)c3c(C#N)cnn3c2)cn1. The highest BCUT2D eigenvalue weighted by molar-refractivity contribution is 5.94. The number of nitriles is 1. The smallest absolute Gasteiger partial charge is 0.296 e. The van der Waals surface area contributed by atoms with Gasteiger partial charge in [-0.15, -0.1) is 0 Å². The predicted octanol–water partition coefficient (Wildman–Crippen LogP) is 2.78. The fraction of sp³-hybridized carbons (Fsp3) is 0.111. The van der Waals surface area contributed by atoms with Crippen molar-refractivity contribution in [2.24, 2.45) is 7.05 Å². The van der Waals surface area contributed by atoms with E-state index in [1.165, 1.54) is 12.3 Å². The summed E-state index contributed by atoms with van der Waals surface area (Å²) in [5.74, 6) is 4.57. The molecule has 0 aliphatic heterocycles. The summed E-state index contributed by atoms with van der Waals surface area (Å²) in [6.07, 6.45) is 10.1. The monoisotopic (exact) mass is 505 g/mol. The van der Waals surface area contributed by atoms with Gasteiger partial charge in [0.05, 0.1) is 23.5 Å². The number of nitrogens with one attached hydrogen (secondary N) is 2. The fourth-order valence-electron chi connectivity index (χ4n) is 3.81. The predicted molar refractivity (Wildman–Crippen MR) is 138 cm³/mol. The minimum absolute atomic E-state index is 0.184. The zero-order valence-corrected chi connectivity index (χ0v) is 20.2. The molecular weight excluding hydrogens is 485 g/mol. The van der Waals surface area contributed by atoms with E-state index < -0.39 is 11.7 Å². The van der Waals surface area contributed by atoms with Crippen LogP contribution < -0.4 is 10.6 Å². The van der Waals surface area contributed by atoms with Gasteiger partial charge in [0.25, 0.3) is 5.91 Å². The second kappa shape index (κ2) is 10.6. The van der Waals surface area contributed by atoms with Crippen LogP contribution in [0.2, 0.25) is 0 Å². The minimum atomic E-state index is -0.493. The summed E-state index contributed by atoms with van der Waals surface area (Å²) >= 11 is 0. The Kier molecular flexibility index (Phi) is 6.74. The van der Waals surface area contributed by atoms with Gasteiger partial charge in [0.2, 0.25) is 0 Å². The largest absolute Gasteiger partial charge is 0.368 e. The number of rotatable bonds is 6. The maximum atomic E-state index is 13.2. The van der Waals surface area contributed by atoms with Gasteiger partial charge in [0, 0.05) is 79.2 Å². The topological polar surface area (TPSA) is 126 Å². The van der Waals surface area contributed by atoms with Gasteiger partial charge in [-0.25, -0.2) is 18.9 Å². The molecule has 0 aliphatic carbocycles. The number of hydrogen-bond donors (Lipinski definition) is 2. The summed E-state index contributed by atoms with van der Waals surface area (Å²) in [6, 6.07) is 10.3. The Morgan fingerprint density at radius 2 is 1.92 bits per heavy atom. The summed E-state index contributed by atoms with van der Waals surface area (Å²) in [5.41, 5.74) is 4.81. The van der Waals surface area contributed by atoms with Crippen molar-refractivity contribution >= 4 is 17.2 Å². The molecule has 1 amide bonds. The van der Waals surface area contributed by atoms with Gasteiger partial charge in [-0.05, 0) is 30.2 Å². The molecule has 0 bridgehead atoms. The van der Waals surface area contributed by atoms with Crippen LogP contribution >= 0.6 is 0 Å². The molecule has 0 saturated carbocycles. The van der Waals surface area contributed by atoms with E-state index in [-0.39, 0.29) is 5.69 Å². The number of aryl methyl sites for hydroxylation is 1. The van der Waals surface area contributed by atoms with Crippen LogP contribution in [0, 0.1) is 29.0 Å². The lowest BCUT2D eigenvalue weighted by Gasteiger charge is -2.10. The summed E-state index contributed by atoms with van der Waals surface area (Å²) in [6.45, 7) is 0.725. The maximum Gasteiger partial charge on any atom is 0.296 e. The van der Waals surface area contributed by atoms with Crippen LogP contribution in [-0.2, 0) is 11.8 Å². The van der Waals surface area contributed by atoms with Gasteiger partial charge in [0.1, 0.15) is 23.4 Å². The first-order chi connectivity index (χ1) is 18.5. The Morgan fingerprint density at radius 1 is 1.03 bits per heavy atom. The van der Waals surface area contributed by atoms with Crippen LogP contribution in [0.1, 0.15) is 11.3 Å². The van der Waals surface area contributed by atoms with Crippen molar-refractivity contribution in [1.82, 2.24) is 34.7 Å². The number of aromatic nitrogens is 6. The van der Waals surface area contributed by atoms with Crippen LogP contribution in [0.25, 0.3) is 27.8 Å². The first-order valence-electron chi connectivity index (χ1n) is 11.5. The normalized spacial score (nSPS) is 10.4. The van der Waals surface area contributed by atoms with Gasteiger partial charge in [0.15, 0.2) is 0 Å². The van der Waals surface area contributed by atoms with Crippen molar-refractivity contribution in [2.75, 3.05) is 18.4 Å². The number of fused-ring (bicyclic) bond motifs is 1. The molecule has 0 aromatic carbocycles. The van der Waals surface area contributed by atoms with Crippen molar-refractivity contribution in [1.29, 1.82) is 5.26 Å². The molecule has 5 aromatic rings. The van der Waals surface area contributed by atoms with Crippen molar-refractivity contribution in [3.63, 3.8) is 0 Å². The average molecular weight is 506 g/mol. The van der Waals surface area contributed by atoms with E-state index in [0.717, 1.165) is 28.3 Å². The van der Waals surface area contributed by atoms with Gasteiger partial charge < -0.3 is 10.6 Å². The quantitative estimate of drug-likeness (QED) is 0.268. The molecule has 5 aromatic heterocycles. The molecule has 186 valence electrons. The second-order valence-corrected chi connectivity index (χ2v) is 8.23. The second-order valence-electron chi connectivity index (χ2n) is 8.23. The number of hydrogen-bond acceptors (Lipinski definition) is 7. The third-order valence-corrected chi connectivity index (χ3v) is 5.59. The van der Waals surface area contributed by atoms with Gasteiger partial charge in [-0.2, -0.15) is 15.5 Å². The fourth-order valence-corrected chi connectivity index (χ4v) is 3.81. The number of carbonyl (C=O) groups is 1. The van der Waals surface area contributed by atoms with E-state index in [0.29, 0.717) is 30.0 Å². The molecule has 0 saturated heterocycles. The molecule has 2 N–H and O–H groups in total. The van der Waals surface area contributed by atoms with E-state index in [1.807, 2.05) is 37.6 Å². The van der Waals surface area contributed by atoms with Gasteiger partial charge >= 0.3 is 0 Å². The minimum Gasteiger partial charge on any atom is -0.368 e. The third-order valence-electron chi connectivity index (χ3n) is 5.59. The first-order valence-corrected chi connectivity index (χ1v) is 11.5. The Balaban J connectivity index is 1.26. The molecule has 0 atom stereocenters.